The SMILES string of the molecule is CCOC1CCCCC1[Se](Cl)(Cl)C1CCCCC1OCC. The fourth-order valence-corrected chi connectivity index (χ4v) is 13.7. The predicted molar refractivity (Wildman–Crippen MR) is 92.7 cm³/mol. The van der Waals surface area contributed by atoms with Gasteiger partial charge in [-0.25, -0.2) is 0 Å². The molecule has 0 aliphatic heterocycles. The Morgan fingerprint density at radius 2 is 1.14 bits per heavy atom. The first-order valence-corrected chi connectivity index (χ1v) is 15.0. The fourth-order valence-electron chi connectivity index (χ4n) is 3.88. The van der Waals surface area contributed by atoms with Crippen molar-refractivity contribution in [3.05, 3.63) is 0 Å². The van der Waals surface area contributed by atoms with Gasteiger partial charge in [-0.3, -0.25) is 0 Å². The predicted octanol–water partition coefficient (Wildman–Crippen LogP) is 5.60. The molecule has 4 atom stereocenters. The minimum atomic E-state index is -2.62. The number of ether oxygens (including phenoxy) is 2. The van der Waals surface area contributed by atoms with Crippen LogP contribution in [0.15, 0.2) is 0 Å². The normalized spacial score (nSPS) is 35.6. The molecule has 5 heteroatoms. The second-order valence-electron chi connectivity index (χ2n) is 6.18. The number of halogens is 2. The Hall–Kier alpha value is 1.02. The van der Waals surface area contributed by atoms with Crippen LogP contribution in [0.1, 0.15) is 65.2 Å². The van der Waals surface area contributed by atoms with Crippen molar-refractivity contribution < 1.29 is 9.47 Å². The summed E-state index contributed by atoms with van der Waals surface area (Å²) in [4.78, 5) is 0.786. The summed E-state index contributed by atoms with van der Waals surface area (Å²) < 4.78 is 12.0. The van der Waals surface area contributed by atoms with Crippen LogP contribution in [0.5, 0.6) is 0 Å². The molecule has 0 spiro atoms. The zero-order chi connectivity index (χ0) is 15.3. The molecule has 0 heterocycles. The first kappa shape index (κ1) is 18.4. The molecule has 2 nitrogen and oxygen atoms in total. The summed E-state index contributed by atoms with van der Waals surface area (Å²) in [7, 11) is 14.2. The topological polar surface area (TPSA) is 18.5 Å². The van der Waals surface area contributed by atoms with Crippen LogP contribution in [0.4, 0.5) is 0 Å². The molecule has 0 aromatic rings. The monoisotopic (exact) mass is 404 g/mol. The second kappa shape index (κ2) is 8.76. The van der Waals surface area contributed by atoms with Gasteiger partial charge in [0.1, 0.15) is 0 Å². The maximum absolute atomic E-state index is 7.12. The Morgan fingerprint density at radius 3 is 1.52 bits per heavy atom. The van der Waals surface area contributed by atoms with Crippen LogP contribution in [0, 0.1) is 0 Å². The summed E-state index contributed by atoms with van der Waals surface area (Å²) in [5.41, 5.74) is 0. The Labute approximate surface area is 140 Å². The van der Waals surface area contributed by atoms with Gasteiger partial charge in [0.05, 0.1) is 0 Å². The molecule has 2 aliphatic carbocycles. The summed E-state index contributed by atoms with van der Waals surface area (Å²) in [5, 5.41) is 0. The zero-order valence-corrected chi connectivity index (χ0v) is 16.6. The van der Waals surface area contributed by atoms with E-state index >= 15 is 0 Å². The Balaban J connectivity index is 2.12. The standard InChI is InChI=1S/C16H30Cl2O2Se/c1-3-19-13-9-5-7-11-15(13)21(17,18)16-12-8-6-10-14(16)20-4-2/h13-16H,3-12H2,1-2H3. The van der Waals surface area contributed by atoms with Crippen molar-refractivity contribution in [2.75, 3.05) is 13.2 Å². The van der Waals surface area contributed by atoms with Crippen molar-refractivity contribution in [2.45, 2.75) is 87.1 Å². The van der Waals surface area contributed by atoms with Crippen molar-refractivity contribution in [1.29, 1.82) is 0 Å². The van der Waals surface area contributed by atoms with E-state index in [-0.39, 0.29) is 12.2 Å². The Kier molecular flexibility index (Phi) is 7.65. The van der Waals surface area contributed by atoms with Crippen molar-refractivity contribution in [1.82, 2.24) is 0 Å². The number of rotatable bonds is 6. The number of hydrogen-bond donors (Lipinski definition) is 0. The third-order valence-electron chi connectivity index (χ3n) is 4.85. The molecule has 0 N–H and O–H groups in total. The molecule has 126 valence electrons. The van der Waals surface area contributed by atoms with Gasteiger partial charge >= 0.3 is 141 Å². The molecule has 0 aromatic heterocycles. The second-order valence-corrected chi connectivity index (χ2v) is 17.2. The van der Waals surface area contributed by atoms with E-state index in [1.807, 2.05) is 0 Å². The van der Waals surface area contributed by atoms with Crippen molar-refractivity contribution >= 4 is 31.2 Å². The van der Waals surface area contributed by atoms with Gasteiger partial charge in [-0.1, -0.05) is 0 Å². The van der Waals surface area contributed by atoms with E-state index in [2.05, 4.69) is 13.8 Å². The molecule has 2 fully saturated rings. The van der Waals surface area contributed by atoms with Crippen LogP contribution in [-0.4, -0.2) is 36.4 Å². The third kappa shape index (κ3) is 4.52. The quantitative estimate of drug-likeness (QED) is 0.537. The molecule has 2 saturated carbocycles. The fraction of sp³-hybridized carbons (Fsp3) is 1.00. The first-order chi connectivity index (χ1) is 10.1. The third-order valence-corrected chi connectivity index (χ3v) is 15.3. The number of hydrogen-bond acceptors (Lipinski definition) is 2. The van der Waals surface area contributed by atoms with E-state index in [0.29, 0.717) is 9.63 Å². The van der Waals surface area contributed by atoms with Crippen LogP contribution in [0.3, 0.4) is 0 Å². The first-order valence-electron chi connectivity index (χ1n) is 8.54. The summed E-state index contributed by atoms with van der Waals surface area (Å²) in [6.45, 7) is 5.68. The van der Waals surface area contributed by atoms with Gasteiger partial charge in [-0.2, -0.15) is 0 Å². The molecular formula is C16H30Cl2O2Se. The molecule has 0 amide bonds. The molecule has 0 radical (unpaired) electrons. The van der Waals surface area contributed by atoms with Crippen molar-refractivity contribution in [3.8, 4) is 0 Å². The molecule has 4 unspecified atom stereocenters. The van der Waals surface area contributed by atoms with Gasteiger partial charge in [0.15, 0.2) is 0 Å². The molecule has 0 bridgehead atoms. The molecule has 2 rings (SSSR count). The van der Waals surface area contributed by atoms with E-state index in [1.54, 1.807) is 0 Å². The van der Waals surface area contributed by atoms with E-state index < -0.39 is 11.0 Å². The van der Waals surface area contributed by atoms with Gasteiger partial charge < -0.3 is 0 Å². The summed E-state index contributed by atoms with van der Waals surface area (Å²) in [6.07, 6.45) is 10.1. The van der Waals surface area contributed by atoms with Crippen LogP contribution in [0.25, 0.3) is 0 Å². The molecule has 0 aromatic carbocycles. The molecule has 0 saturated heterocycles. The van der Waals surface area contributed by atoms with Crippen LogP contribution in [-0.2, 0) is 9.47 Å². The summed E-state index contributed by atoms with van der Waals surface area (Å²) in [6, 6.07) is 0. The van der Waals surface area contributed by atoms with Gasteiger partial charge in [0.25, 0.3) is 0 Å². The summed E-state index contributed by atoms with van der Waals surface area (Å²) in [5.74, 6) is 0. The average molecular weight is 404 g/mol. The van der Waals surface area contributed by atoms with Gasteiger partial charge in [0, 0.05) is 0 Å². The maximum atomic E-state index is 7.12. The average Bonchev–Trinajstić information content (AvgIpc) is 2.49. The molecular weight excluding hydrogens is 374 g/mol. The minimum absolute atomic E-state index is 0.281. The van der Waals surface area contributed by atoms with Crippen molar-refractivity contribution in [3.63, 3.8) is 0 Å². The Bertz CT molecular complexity index is 283. The molecule has 21 heavy (non-hydrogen) atoms. The van der Waals surface area contributed by atoms with Gasteiger partial charge in [0.2, 0.25) is 0 Å². The van der Waals surface area contributed by atoms with E-state index in [0.717, 1.165) is 38.9 Å². The van der Waals surface area contributed by atoms with Crippen LogP contribution < -0.4 is 0 Å². The van der Waals surface area contributed by atoms with E-state index in [1.165, 1.54) is 25.7 Å². The van der Waals surface area contributed by atoms with Crippen LogP contribution >= 0.6 is 20.2 Å². The van der Waals surface area contributed by atoms with Crippen LogP contribution in [0.2, 0.25) is 9.63 Å². The zero-order valence-electron chi connectivity index (χ0n) is 13.4. The van der Waals surface area contributed by atoms with Crippen molar-refractivity contribution in [2.24, 2.45) is 0 Å². The summed E-state index contributed by atoms with van der Waals surface area (Å²) >= 11 is -2.62. The Morgan fingerprint density at radius 1 is 0.762 bits per heavy atom. The van der Waals surface area contributed by atoms with E-state index in [4.69, 9.17) is 29.7 Å². The van der Waals surface area contributed by atoms with E-state index in [9.17, 15) is 0 Å². The van der Waals surface area contributed by atoms with Gasteiger partial charge in [-0.15, -0.1) is 0 Å². The van der Waals surface area contributed by atoms with Gasteiger partial charge in [-0.05, 0) is 0 Å². The molecule has 2 aliphatic rings.